The van der Waals surface area contributed by atoms with E-state index in [1.54, 1.807) is 0 Å². The molecule has 2 aromatic carbocycles. The van der Waals surface area contributed by atoms with Crippen LogP contribution in [0.1, 0.15) is 15.5 Å². The van der Waals surface area contributed by atoms with E-state index in [4.69, 9.17) is 9.72 Å². The number of carbonyl (C=O) groups is 1. The maximum atomic E-state index is 12.1. The molecule has 142 valence electrons. The molecule has 0 aliphatic heterocycles. The van der Waals surface area contributed by atoms with Gasteiger partial charge in [-0.25, -0.2) is 4.98 Å². The molecule has 5 nitrogen and oxygen atoms in total. The summed E-state index contributed by atoms with van der Waals surface area (Å²) in [6, 6.07) is 21.6. The van der Waals surface area contributed by atoms with Gasteiger partial charge in [0.2, 0.25) is 0 Å². The van der Waals surface area contributed by atoms with Gasteiger partial charge in [0.25, 0.3) is 5.91 Å². The molecule has 0 fully saturated rings. The maximum Gasteiger partial charge on any atom is 0.261 e. The zero-order chi connectivity index (χ0) is 19.2. The van der Waals surface area contributed by atoms with Gasteiger partial charge in [-0.3, -0.25) is 4.79 Å². The number of imidazole rings is 1. The SMILES string of the molecule is O=C(NCCc1nc2ccccc2n1CCOc1ccccc1)c1cccs1. The molecule has 0 bridgehead atoms. The van der Waals surface area contributed by atoms with Crippen LogP contribution in [0.15, 0.2) is 72.1 Å². The number of para-hydroxylation sites is 3. The Morgan fingerprint density at radius 1 is 1.04 bits per heavy atom. The first-order valence-electron chi connectivity index (χ1n) is 9.25. The Morgan fingerprint density at radius 2 is 1.86 bits per heavy atom. The van der Waals surface area contributed by atoms with Crippen LogP contribution < -0.4 is 10.1 Å². The van der Waals surface area contributed by atoms with Crippen molar-refractivity contribution in [2.75, 3.05) is 13.2 Å². The molecule has 0 atom stereocenters. The van der Waals surface area contributed by atoms with Gasteiger partial charge in [0.15, 0.2) is 0 Å². The fraction of sp³-hybridized carbons (Fsp3) is 0.182. The second-order valence-corrected chi connectivity index (χ2v) is 7.26. The van der Waals surface area contributed by atoms with Crippen molar-refractivity contribution >= 4 is 28.3 Å². The average molecular weight is 391 g/mol. The normalized spacial score (nSPS) is 10.9. The predicted octanol–water partition coefficient (Wildman–Crippen LogP) is 4.15. The van der Waals surface area contributed by atoms with E-state index in [1.807, 2.05) is 66.0 Å². The molecule has 0 saturated carbocycles. The number of nitrogens with one attached hydrogen (secondary N) is 1. The number of hydrogen-bond acceptors (Lipinski definition) is 4. The molecular weight excluding hydrogens is 370 g/mol. The van der Waals surface area contributed by atoms with Crippen molar-refractivity contribution in [3.05, 3.63) is 82.8 Å². The van der Waals surface area contributed by atoms with Gasteiger partial charge in [-0.1, -0.05) is 36.4 Å². The Balaban J connectivity index is 1.43. The highest BCUT2D eigenvalue weighted by Gasteiger charge is 2.12. The third kappa shape index (κ3) is 4.23. The van der Waals surface area contributed by atoms with E-state index >= 15 is 0 Å². The lowest BCUT2D eigenvalue weighted by atomic mass is 10.3. The third-order valence-electron chi connectivity index (χ3n) is 4.44. The molecule has 4 aromatic rings. The van der Waals surface area contributed by atoms with Gasteiger partial charge in [-0.05, 0) is 35.7 Å². The van der Waals surface area contributed by atoms with Crippen LogP contribution in [0, 0.1) is 0 Å². The van der Waals surface area contributed by atoms with Crippen molar-refractivity contribution in [1.29, 1.82) is 0 Å². The lowest BCUT2D eigenvalue weighted by Gasteiger charge is -2.11. The third-order valence-corrected chi connectivity index (χ3v) is 5.31. The van der Waals surface area contributed by atoms with E-state index < -0.39 is 0 Å². The topological polar surface area (TPSA) is 56.2 Å². The van der Waals surface area contributed by atoms with Crippen molar-refractivity contribution in [3.63, 3.8) is 0 Å². The van der Waals surface area contributed by atoms with Crippen molar-refractivity contribution in [2.24, 2.45) is 0 Å². The highest BCUT2D eigenvalue weighted by molar-refractivity contribution is 7.12. The minimum absolute atomic E-state index is 0.0370. The van der Waals surface area contributed by atoms with Gasteiger partial charge in [-0.2, -0.15) is 0 Å². The number of fused-ring (bicyclic) bond motifs is 1. The van der Waals surface area contributed by atoms with Crippen molar-refractivity contribution in [3.8, 4) is 5.75 Å². The number of aromatic nitrogens is 2. The molecule has 6 heteroatoms. The largest absolute Gasteiger partial charge is 0.492 e. The van der Waals surface area contributed by atoms with Crippen molar-refractivity contribution in [2.45, 2.75) is 13.0 Å². The molecule has 0 radical (unpaired) electrons. The highest BCUT2D eigenvalue weighted by Crippen LogP contribution is 2.17. The molecule has 1 amide bonds. The molecule has 1 N–H and O–H groups in total. The Kier molecular flexibility index (Phi) is 5.68. The number of carbonyl (C=O) groups excluding carboxylic acids is 1. The number of thiophene rings is 1. The maximum absolute atomic E-state index is 12.1. The number of benzene rings is 2. The van der Waals surface area contributed by atoms with Gasteiger partial charge < -0.3 is 14.6 Å². The van der Waals surface area contributed by atoms with Gasteiger partial charge >= 0.3 is 0 Å². The molecule has 0 saturated heterocycles. The number of amides is 1. The molecule has 0 aliphatic rings. The van der Waals surface area contributed by atoms with Crippen LogP contribution in [0.25, 0.3) is 11.0 Å². The summed E-state index contributed by atoms with van der Waals surface area (Å²) in [5.74, 6) is 1.77. The lowest BCUT2D eigenvalue weighted by Crippen LogP contribution is -2.26. The summed E-state index contributed by atoms with van der Waals surface area (Å²) < 4.78 is 8.03. The zero-order valence-electron chi connectivity index (χ0n) is 15.4. The van der Waals surface area contributed by atoms with E-state index in [2.05, 4.69) is 16.0 Å². The van der Waals surface area contributed by atoms with Crippen LogP contribution in [0.3, 0.4) is 0 Å². The monoisotopic (exact) mass is 391 g/mol. The molecule has 0 aliphatic carbocycles. The molecule has 2 heterocycles. The Bertz CT molecular complexity index is 1040. The fourth-order valence-electron chi connectivity index (χ4n) is 3.12. The van der Waals surface area contributed by atoms with Gasteiger partial charge in [0, 0.05) is 13.0 Å². The molecule has 4 rings (SSSR count). The summed E-state index contributed by atoms with van der Waals surface area (Å²) in [5, 5.41) is 4.88. The Morgan fingerprint density at radius 3 is 2.68 bits per heavy atom. The summed E-state index contributed by atoms with van der Waals surface area (Å²) in [5.41, 5.74) is 2.04. The van der Waals surface area contributed by atoms with Gasteiger partial charge in [0.05, 0.1) is 22.5 Å². The quantitative estimate of drug-likeness (QED) is 0.491. The standard InChI is InChI=1S/C22H21N3O2S/c26-22(20-11-6-16-28-20)23-13-12-21-24-18-9-4-5-10-19(18)25(21)14-15-27-17-7-2-1-3-8-17/h1-11,16H,12-15H2,(H,23,26). The minimum Gasteiger partial charge on any atom is -0.492 e. The number of hydrogen-bond donors (Lipinski definition) is 1. The first-order valence-corrected chi connectivity index (χ1v) is 10.1. The van der Waals surface area contributed by atoms with Crippen molar-refractivity contribution < 1.29 is 9.53 Å². The van der Waals surface area contributed by atoms with Crippen LogP contribution >= 0.6 is 11.3 Å². The summed E-state index contributed by atoms with van der Waals surface area (Å²) >= 11 is 1.44. The zero-order valence-corrected chi connectivity index (χ0v) is 16.2. The highest BCUT2D eigenvalue weighted by atomic mass is 32.1. The van der Waals surface area contributed by atoms with E-state index in [0.717, 1.165) is 27.5 Å². The smallest absolute Gasteiger partial charge is 0.261 e. The van der Waals surface area contributed by atoms with Gasteiger partial charge in [0.1, 0.15) is 18.2 Å². The van der Waals surface area contributed by atoms with E-state index in [1.165, 1.54) is 11.3 Å². The van der Waals surface area contributed by atoms with Crippen LogP contribution in [0.5, 0.6) is 5.75 Å². The minimum atomic E-state index is -0.0370. The fourth-order valence-corrected chi connectivity index (χ4v) is 3.76. The van der Waals surface area contributed by atoms with Crippen LogP contribution in [-0.2, 0) is 13.0 Å². The summed E-state index contributed by atoms with van der Waals surface area (Å²) in [6.45, 7) is 1.79. The van der Waals surface area contributed by atoms with Crippen molar-refractivity contribution in [1.82, 2.24) is 14.9 Å². The number of nitrogens with zero attached hydrogens (tertiary/aromatic N) is 2. The van der Waals surface area contributed by atoms with Crippen LogP contribution in [-0.4, -0.2) is 28.6 Å². The van der Waals surface area contributed by atoms with Crippen LogP contribution in [0.2, 0.25) is 0 Å². The Hall–Kier alpha value is -3.12. The molecule has 28 heavy (non-hydrogen) atoms. The van der Waals surface area contributed by atoms with Crippen LogP contribution in [0.4, 0.5) is 0 Å². The van der Waals surface area contributed by atoms with E-state index in [0.29, 0.717) is 26.1 Å². The predicted molar refractivity (Wildman–Crippen MR) is 112 cm³/mol. The second-order valence-electron chi connectivity index (χ2n) is 6.31. The molecule has 0 unspecified atom stereocenters. The number of rotatable bonds is 8. The average Bonchev–Trinajstić information content (AvgIpc) is 3.38. The summed E-state index contributed by atoms with van der Waals surface area (Å²) in [7, 11) is 0. The number of ether oxygens (including phenoxy) is 1. The van der Waals surface area contributed by atoms with Gasteiger partial charge in [-0.15, -0.1) is 11.3 Å². The lowest BCUT2D eigenvalue weighted by molar-refractivity contribution is 0.0958. The first-order chi connectivity index (χ1) is 13.8. The Labute approximate surface area is 167 Å². The molecule has 0 spiro atoms. The van der Waals surface area contributed by atoms with E-state index in [-0.39, 0.29) is 5.91 Å². The second kappa shape index (κ2) is 8.71. The molecule has 2 aromatic heterocycles. The summed E-state index contributed by atoms with van der Waals surface area (Å²) in [4.78, 5) is 17.6. The first kappa shape index (κ1) is 18.3. The molecular formula is C22H21N3O2S. The summed E-state index contributed by atoms with van der Waals surface area (Å²) in [6.07, 6.45) is 0.664. The van der Waals surface area contributed by atoms with E-state index in [9.17, 15) is 4.79 Å².